The molecule has 98 valence electrons. The molecule has 0 aliphatic carbocycles. The van der Waals surface area contributed by atoms with E-state index in [9.17, 15) is 0 Å². The van der Waals surface area contributed by atoms with Crippen LogP contribution in [0.15, 0.2) is 0 Å². The molecule has 0 aromatic heterocycles. The SMILES string of the molecule is CCC1CN(CCCCC(C)(C)C#N)CCS1. The Balaban J connectivity index is 2.12. The molecule has 1 aliphatic heterocycles. The van der Waals surface area contributed by atoms with Crippen LogP contribution in [0.2, 0.25) is 0 Å². The molecule has 3 heteroatoms. The molecule has 0 aromatic carbocycles. The Bertz CT molecular complexity index is 257. The van der Waals surface area contributed by atoms with Crippen LogP contribution >= 0.6 is 11.8 Å². The van der Waals surface area contributed by atoms with E-state index in [0.29, 0.717) is 0 Å². The van der Waals surface area contributed by atoms with E-state index < -0.39 is 0 Å². The number of nitrogens with zero attached hydrogens (tertiary/aromatic N) is 2. The van der Waals surface area contributed by atoms with E-state index in [1.165, 1.54) is 44.6 Å². The zero-order valence-corrected chi connectivity index (χ0v) is 12.4. The monoisotopic (exact) mass is 254 g/mol. The molecule has 1 heterocycles. The molecular formula is C14H26N2S. The summed E-state index contributed by atoms with van der Waals surface area (Å²) >= 11 is 2.13. The van der Waals surface area contributed by atoms with Crippen molar-refractivity contribution in [2.45, 2.75) is 51.7 Å². The maximum absolute atomic E-state index is 8.95. The Hall–Kier alpha value is -0.200. The largest absolute Gasteiger partial charge is 0.301 e. The zero-order valence-electron chi connectivity index (χ0n) is 11.5. The second-order valence-corrected chi connectivity index (χ2v) is 7.06. The molecule has 1 saturated heterocycles. The van der Waals surface area contributed by atoms with Crippen LogP contribution in [0.1, 0.15) is 46.5 Å². The first-order valence-corrected chi connectivity index (χ1v) is 7.87. The molecule has 0 amide bonds. The van der Waals surface area contributed by atoms with Crippen molar-refractivity contribution in [3.05, 3.63) is 0 Å². The van der Waals surface area contributed by atoms with Crippen LogP contribution in [-0.4, -0.2) is 35.5 Å². The standard InChI is InChI=1S/C14H26N2S/c1-4-13-11-16(9-10-17-13)8-6-5-7-14(2,3)12-15/h13H,4-11H2,1-3H3. The first kappa shape index (κ1) is 14.9. The number of rotatable bonds is 6. The minimum absolute atomic E-state index is 0.135. The number of hydrogen-bond donors (Lipinski definition) is 0. The predicted molar refractivity (Wildman–Crippen MR) is 76.2 cm³/mol. The summed E-state index contributed by atoms with van der Waals surface area (Å²) in [5, 5.41) is 9.79. The maximum Gasteiger partial charge on any atom is 0.0683 e. The van der Waals surface area contributed by atoms with Gasteiger partial charge in [0.25, 0.3) is 0 Å². The van der Waals surface area contributed by atoms with E-state index in [0.717, 1.165) is 11.7 Å². The molecule has 0 saturated carbocycles. The molecular weight excluding hydrogens is 228 g/mol. The Labute approximate surface area is 111 Å². The van der Waals surface area contributed by atoms with Gasteiger partial charge in [-0.1, -0.05) is 13.3 Å². The first-order valence-electron chi connectivity index (χ1n) is 6.82. The summed E-state index contributed by atoms with van der Waals surface area (Å²) in [6.45, 7) is 10.1. The van der Waals surface area contributed by atoms with Gasteiger partial charge < -0.3 is 4.90 Å². The minimum Gasteiger partial charge on any atom is -0.301 e. The van der Waals surface area contributed by atoms with Crippen LogP contribution < -0.4 is 0 Å². The first-order chi connectivity index (χ1) is 8.07. The summed E-state index contributed by atoms with van der Waals surface area (Å²) in [6, 6.07) is 2.38. The van der Waals surface area contributed by atoms with E-state index >= 15 is 0 Å². The minimum atomic E-state index is -0.135. The molecule has 0 N–H and O–H groups in total. The lowest BCUT2D eigenvalue weighted by Gasteiger charge is -2.32. The second-order valence-electron chi connectivity index (χ2n) is 5.65. The van der Waals surface area contributed by atoms with E-state index in [1.807, 2.05) is 13.8 Å². The third-order valence-electron chi connectivity index (χ3n) is 3.51. The lowest BCUT2D eigenvalue weighted by atomic mass is 9.89. The quantitative estimate of drug-likeness (QED) is 0.678. The summed E-state index contributed by atoms with van der Waals surface area (Å²) in [6.07, 6.45) is 4.75. The Morgan fingerprint density at radius 2 is 2.18 bits per heavy atom. The van der Waals surface area contributed by atoms with Gasteiger partial charge in [0.15, 0.2) is 0 Å². The van der Waals surface area contributed by atoms with Gasteiger partial charge >= 0.3 is 0 Å². The van der Waals surface area contributed by atoms with Crippen molar-refractivity contribution in [2.75, 3.05) is 25.4 Å². The molecule has 0 radical (unpaired) electrons. The summed E-state index contributed by atoms with van der Waals surface area (Å²) in [4.78, 5) is 2.60. The molecule has 1 rings (SSSR count). The van der Waals surface area contributed by atoms with Gasteiger partial charge in [-0.3, -0.25) is 0 Å². The maximum atomic E-state index is 8.95. The van der Waals surface area contributed by atoms with Crippen molar-refractivity contribution in [3.8, 4) is 6.07 Å². The molecule has 0 aromatic rings. The number of hydrogen-bond acceptors (Lipinski definition) is 3. The Morgan fingerprint density at radius 3 is 2.82 bits per heavy atom. The highest BCUT2D eigenvalue weighted by Gasteiger charge is 2.19. The summed E-state index contributed by atoms with van der Waals surface area (Å²) < 4.78 is 0. The third kappa shape index (κ3) is 5.79. The van der Waals surface area contributed by atoms with Gasteiger partial charge in [-0.05, 0) is 39.7 Å². The highest BCUT2D eigenvalue weighted by atomic mass is 32.2. The molecule has 1 atom stereocenters. The van der Waals surface area contributed by atoms with E-state index in [2.05, 4.69) is 29.7 Å². The number of nitriles is 1. The topological polar surface area (TPSA) is 27.0 Å². The fourth-order valence-electron chi connectivity index (χ4n) is 2.19. The van der Waals surface area contributed by atoms with Crippen LogP contribution in [0.25, 0.3) is 0 Å². The van der Waals surface area contributed by atoms with Gasteiger partial charge in [0.1, 0.15) is 0 Å². The van der Waals surface area contributed by atoms with Crippen molar-refractivity contribution in [2.24, 2.45) is 5.41 Å². The molecule has 0 spiro atoms. The van der Waals surface area contributed by atoms with Gasteiger partial charge in [0, 0.05) is 24.1 Å². The Kier molecular flexibility index (Phi) is 6.37. The number of unbranched alkanes of at least 4 members (excludes halogenated alkanes) is 1. The van der Waals surface area contributed by atoms with Gasteiger partial charge in [-0.25, -0.2) is 0 Å². The van der Waals surface area contributed by atoms with Crippen LogP contribution in [0.4, 0.5) is 0 Å². The normalized spacial score (nSPS) is 22.4. The van der Waals surface area contributed by atoms with Gasteiger partial charge in [-0.15, -0.1) is 0 Å². The average Bonchev–Trinajstić information content (AvgIpc) is 2.35. The van der Waals surface area contributed by atoms with Crippen molar-refractivity contribution in [1.82, 2.24) is 4.90 Å². The zero-order chi connectivity index (χ0) is 12.7. The van der Waals surface area contributed by atoms with Crippen LogP contribution in [-0.2, 0) is 0 Å². The number of thioether (sulfide) groups is 1. The fraction of sp³-hybridized carbons (Fsp3) is 0.929. The molecule has 2 nitrogen and oxygen atoms in total. The van der Waals surface area contributed by atoms with E-state index in [4.69, 9.17) is 5.26 Å². The summed E-state index contributed by atoms with van der Waals surface area (Å²) in [5.41, 5.74) is -0.135. The second kappa shape index (κ2) is 7.28. The lowest BCUT2D eigenvalue weighted by Crippen LogP contribution is -2.38. The van der Waals surface area contributed by atoms with Crippen LogP contribution in [0, 0.1) is 16.7 Å². The summed E-state index contributed by atoms with van der Waals surface area (Å²) in [7, 11) is 0. The molecule has 1 fully saturated rings. The third-order valence-corrected chi connectivity index (χ3v) is 4.88. The molecule has 1 unspecified atom stereocenters. The van der Waals surface area contributed by atoms with E-state index in [-0.39, 0.29) is 5.41 Å². The molecule has 17 heavy (non-hydrogen) atoms. The lowest BCUT2D eigenvalue weighted by molar-refractivity contribution is 0.269. The van der Waals surface area contributed by atoms with E-state index in [1.54, 1.807) is 0 Å². The smallest absolute Gasteiger partial charge is 0.0683 e. The van der Waals surface area contributed by atoms with Gasteiger partial charge in [-0.2, -0.15) is 17.0 Å². The highest BCUT2D eigenvalue weighted by Crippen LogP contribution is 2.23. The summed E-state index contributed by atoms with van der Waals surface area (Å²) in [5.74, 6) is 1.29. The van der Waals surface area contributed by atoms with Crippen molar-refractivity contribution < 1.29 is 0 Å². The fourth-order valence-corrected chi connectivity index (χ4v) is 3.44. The van der Waals surface area contributed by atoms with Crippen molar-refractivity contribution in [1.29, 1.82) is 5.26 Å². The van der Waals surface area contributed by atoms with Crippen LogP contribution in [0.5, 0.6) is 0 Å². The van der Waals surface area contributed by atoms with Crippen LogP contribution in [0.3, 0.4) is 0 Å². The average molecular weight is 254 g/mol. The molecule has 1 aliphatic rings. The molecule has 0 bridgehead atoms. The van der Waals surface area contributed by atoms with Crippen molar-refractivity contribution in [3.63, 3.8) is 0 Å². The Morgan fingerprint density at radius 1 is 1.41 bits per heavy atom. The predicted octanol–water partition coefficient (Wildman–Crippen LogP) is 3.53. The van der Waals surface area contributed by atoms with Gasteiger partial charge in [0.05, 0.1) is 11.5 Å². The van der Waals surface area contributed by atoms with Crippen molar-refractivity contribution >= 4 is 11.8 Å². The highest BCUT2D eigenvalue weighted by molar-refractivity contribution is 8.00. The van der Waals surface area contributed by atoms with Gasteiger partial charge in [0.2, 0.25) is 0 Å².